The first-order chi connectivity index (χ1) is 9.73. The van der Waals surface area contributed by atoms with E-state index in [-0.39, 0.29) is 5.75 Å². The molecule has 1 aliphatic rings. The van der Waals surface area contributed by atoms with Crippen molar-refractivity contribution in [3.8, 4) is 5.75 Å². The molecule has 1 aliphatic carbocycles. The molecule has 21 heavy (non-hydrogen) atoms. The Bertz CT molecular complexity index is 559. The van der Waals surface area contributed by atoms with E-state index in [9.17, 15) is 12.3 Å². The Kier molecular flexibility index (Phi) is 4.88. The van der Waals surface area contributed by atoms with E-state index in [2.05, 4.69) is 23.3 Å². The predicted molar refractivity (Wildman–Crippen MR) is 80.0 cm³/mol. The van der Waals surface area contributed by atoms with E-state index in [1.807, 2.05) is 0 Å². The summed E-state index contributed by atoms with van der Waals surface area (Å²) in [5, 5.41) is 3.51. The highest BCUT2D eigenvalue weighted by Gasteiger charge is 2.26. The molecule has 0 unspecified atom stereocenters. The van der Waals surface area contributed by atoms with Crippen molar-refractivity contribution in [3.63, 3.8) is 0 Å². The van der Waals surface area contributed by atoms with Crippen molar-refractivity contribution in [2.45, 2.75) is 52.1 Å². The van der Waals surface area contributed by atoms with E-state index in [1.54, 1.807) is 12.1 Å². The summed E-state index contributed by atoms with van der Waals surface area (Å²) >= 11 is 0. The van der Waals surface area contributed by atoms with Gasteiger partial charge in [0.1, 0.15) is 5.75 Å². The summed E-state index contributed by atoms with van der Waals surface area (Å²) in [6.45, 7) is 5.33. The third-order valence-electron chi connectivity index (χ3n) is 4.05. The van der Waals surface area contributed by atoms with E-state index < -0.39 is 10.5 Å². The van der Waals surface area contributed by atoms with E-state index in [4.69, 9.17) is 0 Å². The first kappa shape index (κ1) is 16.2. The molecule has 0 aromatic heterocycles. The van der Waals surface area contributed by atoms with Crippen molar-refractivity contribution in [1.29, 1.82) is 0 Å². The Labute approximate surface area is 126 Å². The topological polar surface area (TPSA) is 55.4 Å². The van der Waals surface area contributed by atoms with Crippen molar-refractivity contribution in [2.24, 2.45) is 5.41 Å². The Balaban J connectivity index is 1.82. The number of rotatable bonds is 5. The van der Waals surface area contributed by atoms with Gasteiger partial charge in [-0.3, -0.25) is 0 Å². The molecule has 0 radical (unpaired) electrons. The summed E-state index contributed by atoms with van der Waals surface area (Å²) in [6, 6.07) is 6.91. The average Bonchev–Trinajstić information content (AvgIpc) is 2.37. The highest BCUT2D eigenvalue weighted by Crippen LogP contribution is 2.35. The SMILES string of the molecule is CC1(C)CCC(NCc2ccc(OS(=O)(=O)F)cc2)CC1. The molecular weight excluding hydrogens is 293 g/mol. The van der Waals surface area contributed by atoms with E-state index in [1.165, 1.54) is 37.8 Å². The predicted octanol–water partition coefficient (Wildman–Crippen LogP) is 3.34. The molecule has 0 spiro atoms. The molecule has 6 heteroatoms. The lowest BCUT2D eigenvalue weighted by Gasteiger charge is -2.34. The lowest BCUT2D eigenvalue weighted by atomic mass is 9.75. The van der Waals surface area contributed by atoms with Crippen LogP contribution in [0.4, 0.5) is 3.89 Å². The standard InChI is InChI=1S/C15H22FNO3S/c1-15(2)9-7-13(8-10-15)17-11-12-3-5-14(6-4-12)20-21(16,18)19/h3-6,13,17H,7-11H2,1-2H3. The van der Waals surface area contributed by atoms with Gasteiger partial charge in [0.15, 0.2) is 0 Å². The number of hydrogen-bond acceptors (Lipinski definition) is 4. The lowest BCUT2D eigenvalue weighted by Crippen LogP contribution is -2.35. The fourth-order valence-corrected chi connectivity index (χ4v) is 2.98. The van der Waals surface area contributed by atoms with Gasteiger partial charge < -0.3 is 9.50 Å². The first-order valence-corrected chi connectivity index (χ1v) is 8.51. The Morgan fingerprint density at radius 3 is 2.33 bits per heavy atom. The monoisotopic (exact) mass is 315 g/mol. The van der Waals surface area contributed by atoms with Gasteiger partial charge >= 0.3 is 10.5 Å². The second-order valence-corrected chi connectivity index (χ2v) is 7.39. The molecule has 1 aromatic rings. The normalized spacial score (nSPS) is 19.4. The van der Waals surface area contributed by atoms with Crippen molar-refractivity contribution in [2.75, 3.05) is 0 Å². The van der Waals surface area contributed by atoms with E-state index in [0.717, 1.165) is 5.56 Å². The molecule has 1 fully saturated rings. The molecule has 4 nitrogen and oxygen atoms in total. The zero-order valence-corrected chi connectivity index (χ0v) is 13.2. The van der Waals surface area contributed by atoms with Gasteiger partial charge in [0, 0.05) is 12.6 Å². The number of halogens is 1. The quantitative estimate of drug-likeness (QED) is 0.847. The first-order valence-electron chi connectivity index (χ1n) is 7.20. The van der Waals surface area contributed by atoms with Gasteiger partial charge in [-0.15, -0.1) is 0 Å². The van der Waals surface area contributed by atoms with Gasteiger partial charge in [0.05, 0.1) is 0 Å². The Hall–Kier alpha value is -1.14. The van der Waals surface area contributed by atoms with Crippen molar-refractivity contribution >= 4 is 10.5 Å². The van der Waals surface area contributed by atoms with Crippen LogP contribution < -0.4 is 9.50 Å². The maximum Gasteiger partial charge on any atom is 0.488 e. The molecule has 118 valence electrons. The zero-order chi connectivity index (χ0) is 15.5. The summed E-state index contributed by atoms with van der Waals surface area (Å²) in [6.07, 6.45) is 4.81. The Morgan fingerprint density at radius 1 is 1.24 bits per heavy atom. The maximum absolute atomic E-state index is 12.4. The molecule has 0 heterocycles. The lowest BCUT2D eigenvalue weighted by molar-refractivity contribution is 0.206. The molecule has 1 aromatic carbocycles. The van der Waals surface area contributed by atoms with Gasteiger partial charge in [-0.05, 0) is 48.8 Å². The molecule has 1 N–H and O–H groups in total. The number of benzene rings is 1. The van der Waals surface area contributed by atoms with Gasteiger partial charge in [0.25, 0.3) is 0 Å². The molecule has 0 aliphatic heterocycles. The van der Waals surface area contributed by atoms with Crippen LogP contribution in [0.1, 0.15) is 45.1 Å². The molecule has 0 atom stereocenters. The third kappa shape index (κ3) is 5.63. The van der Waals surface area contributed by atoms with Crippen LogP contribution in [0, 0.1) is 5.41 Å². The Morgan fingerprint density at radius 2 is 1.81 bits per heavy atom. The van der Waals surface area contributed by atoms with Crippen LogP contribution in [-0.4, -0.2) is 14.5 Å². The summed E-state index contributed by atoms with van der Waals surface area (Å²) in [5.74, 6) is -0.0133. The summed E-state index contributed by atoms with van der Waals surface area (Å²) in [4.78, 5) is 0. The minimum atomic E-state index is -4.95. The van der Waals surface area contributed by atoms with Gasteiger partial charge in [-0.2, -0.15) is 8.42 Å². The van der Waals surface area contributed by atoms with E-state index in [0.29, 0.717) is 18.0 Å². The zero-order valence-electron chi connectivity index (χ0n) is 12.4. The van der Waals surface area contributed by atoms with Crippen LogP contribution in [0.25, 0.3) is 0 Å². The molecular formula is C15H22FNO3S. The van der Waals surface area contributed by atoms with Crippen LogP contribution in [0.15, 0.2) is 24.3 Å². The largest absolute Gasteiger partial charge is 0.488 e. The summed E-state index contributed by atoms with van der Waals surface area (Å²) in [7, 11) is -4.95. The van der Waals surface area contributed by atoms with Crippen molar-refractivity contribution in [1.82, 2.24) is 5.32 Å². The van der Waals surface area contributed by atoms with Crippen LogP contribution in [0.3, 0.4) is 0 Å². The minimum absolute atomic E-state index is 0.0133. The molecule has 0 bridgehead atoms. The highest BCUT2D eigenvalue weighted by molar-refractivity contribution is 7.81. The van der Waals surface area contributed by atoms with E-state index >= 15 is 0 Å². The highest BCUT2D eigenvalue weighted by atomic mass is 32.3. The third-order valence-corrected chi connectivity index (χ3v) is 4.44. The smallest absolute Gasteiger partial charge is 0.358 e. The number of hydrogen-bond donors (Lipinski definition) is 1. The molecule has 2 rings (SSSR count). The van der Waals surface area contributed by atoms with Gasteiger partial charge in [-0.1, -0.05) is 29.9 Å². The van der Waals surface area contributed by atoms with Gasteiger partial charge in [0.2, 0.25) is 0 Å². The summed E-state index contributed by atoms with van der Waals surface area (Å²) in [5.41, 5.74) is 1.47. The molecule has 0 amide bonds. The van der Waals surface area contributed by atoms with Crippen LogP contribution in [0.5, 0.6) is 5.75 Å². The fourth-order valence-electron chi connectivity index (χ4n) is 2.64. The van der Waals surface area contributed by atoms with Crippen LogP contribution >= 0.6 is 0 Å². The molecule has 1 saturated carbocycles. The average molecular weight is 315 g/mol. The van der Waals surface area contributed by atoms with Crippen molar-refractivity contribution in [3.05, 3.63) is 29.8 Å². The molecule has 0 saturated heterocycles. The van der Waals surface area contributed by atoms with Gasteiger partial charge in [-0.25, -0.2) is 0 Å². The second kappa shape index (κ2) is 6.32. The summed E-state index contributed by atoms with van der Waals surface area (Å²) < 4.78 is 37.3. The second-order valence-electron chi connectivity index (χ2n) is 6.44. The fraction of sp³-hybridized carbons (Fsp3) is 0.600. The van der Waals surface area contributed by atoms with Crippen LogP contribution in [-0.2, 0) is 17.0 Å². The number of nitrogens with one attached hydrogen (secondary N) is 1. The van der Waals surface area contributed by atoms with Crippen molar-refractivity contribution < 1.29 is 16.5 Å². The minimum Gasteiger partial charge on any atom is -0.358 e. The maximum atomic E-state index is 12.4. The van der Waals surface area contributed by atoms with Crippen LogP contribution in [0.2, 0.25) is 0 Å².